The van der Waals surface area contributed by atoms with Crippen LogP contribution in [0.1, 0.15) is 5.69 Å². The molecule has 3 nitrogen and oxygen atoms in total. The van der Waals surface area contributed by atoms with Crippen molar-refractivity contribution in [3.05, 3.63) is 58.4 Å². The van der Waals surface area contributed by atoms with E-state index in [1.165, 1.54) is 12.1 Å². The van der Waals surface area contributed by atoms with Crippen molar-refractivity contribution in [2.24, 2.45) is 0 Å². The van der Waals surface area contributed by atoms with Crippen LogP contribution < -0.4 is 5.43 Å². The van der Waals surface area contributed by atoms with Crippen molar-refractivity contribution in [2.45, 2.75) is 0 Å². The van der Waals surface area contributed by atoms with Gasteiger partial charge in [0.25, 0.3) is 0 Å². The Bertz CT molecular complexity index is 564. The van der Waals surface area contributed by atoms with Gasteiger partial charge in [-0.1, -0.05) is 30.3 Å². The summed E-state index contributed by atoms with van der Waals surface area (Å²) in [6.45, 7) is 0. The largest absolute Gasteiger partial charge is 0.346 e. The average Bonchev–Trinajstić information content (AvgIpc) is 2.29. The van der Waals surface area contributed by atoms with Crippen molar-refractivity contribution in [2.75, 3.05) is 0 Å². The average molecular weight is 196 g/mol. The number of nitrogens with one attached hydrogen (secondary N) is 1. The number of nitriles is 1. The van der Waals surface area contributed by atoms with Gasteiger partial charge >= 0.3 is 0 Å². The molecule has 0 radical (unpaired) electrons. The van der Waals surface area contributed by atoms with Gasteiger partial charge in [-0.05, 0) is 5.56 Å². The fourth-order valence-electron chi connectivity index (χ4n) is 1.38. The van der Waals surface area contributed by atoms with Crippen LogP contribution in [0.2, 0.25) is 0 Å². The lowest BCUT2D eigenvalue weighted by molar-refractivity contribution is 1.25. The smallest absolute Gasteiger partial charge is 0.183 e. The molecule has 1 aromatic heterocycles. The van der Waals surface area contributed by atoms with Gasteiger partial charge in [0.05, 0.1) is 5.69 Å². The molecule has 1 heterocycles. The summed E-state index contributed by atoms with van der Waals surface area (Å²) < 4.78 is 0. The van der Waals surface area contributed by atoms with E-state index in [-0.39, 0.29) is 11.1 Å². The van der Waals surface area contributed by atoms with Crippen molar-refractivity contribution in [1.82, 2.24) is 4.98 Å². The Hall–Kier alpha value is -2.34. The summed E-state index contributed by atoms with van der Waals surface area (Å²) in [5.41, 5.74) is 1.68. The number of benzene rings is 1. The molecule has 2 rings (SSSR count). The summed E-state index contributed by atoms with van der Waals surface area (Å²) in [6, 6.07) is 14.1. The lowest BCUT2D eigenvalue weighted by Crippen LogP contribution is -2.01. The lowest BCUT2D eigenvalue weighted by atomic mass is 10.1. The molecule has 15 heavy (non-hydrogen) atoms. The van der Waals surface area contributed by atoms with Gasteiger partial charge in [-0.3, -0.25) is 4.79 Å². The third kappa shape index (κ3) is 1.94. The Balaban J connectivity index is 2.60. The predicted octanol–water partition coefficient (Wildman–Crippen LogP) is 1.91. The third-order valence-electron chi connectivity index (χ3n) is 2.05. The van der Waals surface area contributed by atoms with Gasteiger partial charge in [-0.15, -0.1) is 0 Å². The van der Waals surface area contributed by atoms with Crippen molar-refractivity contribution in [3.63, 3.8) is 0 Å². The number of aromatic amines is 1. The summed E-state index contributed by atoms with van der Waals surface area (Å²) in [5.74, 6) is 0. The Morgan fingerprint density at radius 2 is 1.87 bits per heavy atom. The maximum Gasteiger partial charge on any atom is 0.183 e. The van der Waals surface area contributed by atoms with Gasteiger partial charge in [0.15, 0.2) is 5.43 Å². The highest BCUT2D eigenvalue weighted by molar-refractivity contribution is 5.59. The van der Waals surface area contributed by atoms with E-state index in [1.54, 1.807) is 0 Å². The molecule has 72 valence electrons. The standard InChI is InChI=1S/C12H8N2O/c13-8-10-6-11(15)7-12(14-10)9-4-2-1-3-5-9/h1-7H,(H,14,15). The highest BCUT2D eigenvalue weighted by atomic mass is 16.1. The van der Waals surface area contributed by atoms with E-state index in [0.717, 1.165) is 5.56 Å². The number of rotatable bonds is 1. The molecule has 0 fully saturated rings. The van der Waals surface area contributed by atoms with Crippen LogP contribution in [0.4, 0.5) is 0 Å². The minimum Gasteiger partial charge on any atom is -0.346 e. The van der Waals surface area contributed by atoms with Gasteiger partial charge in [0.1, 0.15) is 11.8 Å². The number of pyridine rings is 1. The van der Waals surface area contributed by atoms with E-state index in [1.807, 2.05) is 36.4 Å². The summed E-state index contributed by atoms with van der Waals surface area (Å²) >= 11 is 0. The molecule has 1 aromatic carbocycles. The van der Waals surface area contributed by atoms with Crippen LogP contribution >= 0.6 is 0 Å². The highest BCUT2D eigenvalue weighted by Crippen LogP contribution is 2.14. The van der Waals surface area contributed by atoms with E-state index >= 15 is 0 Å². The van der Waals surface area contributed by atoms with Crippen molar-refractivity contribution >= 4 is 0 Å². The van der Waals surface area contributed by atoms with Crippen molar-refractivity contribution < 1.29 is 0 Å². The Morgan fingerprint density at radius 3 is 2.53 bits per heavy atom. The Kier molecular flexibility index (Phi) is 2.34. The number of nitrogens with zero attached hydrogens (tertiary/aromatic N) is 1. The van der Waals surface area contributed by atoms with Crippen LogP contribution in [-0.2, 0) is 0 Å². The number of aromatic nitrogens is 1. The maximum absolute atomic E-state index is 11.3. The summed E-state index contributed by atoms with van der Waals surface area (Å²) in [7, 11) is 0. The second-order valence-corrected chi connectivity index (χ2v) is 3.12. The molecular formula is C12H8N2O. The first-order valence-corrected chi connectivity index (χ1v) is 4.49. The van der Waals surface area contributed by atoms with E-state index in [2.05, 4.69) is 4.98 Å². The molecule has 0 atom stereocenters. The van der Waals surface area contributed by atoms with E-state index < -0.39 is 0 Å². The van der Waals surface area contributed by atoms with Gasteiger partial charge in [-0.2, -0.15) is 5.26 Å². The molecule has 0 amide bonds. The van der Waals surface area contributed by atoms with Crippen LogP contribution in [0.25, 0.3) is 11.3 Å². The first kappa shape index (κ1) is 9.22. The number of hydrogen-bond donors (Lipinski definition) is 1. The van der Waals surface area contributed by atoms with Crippen molar-refractivity contribution in [3.8, 4) is 17.3 Å². The van der Waals surface area contributed by atoms with Crippen LogP contribution in [0.5, 0.6) is 0 Å². The van der Waals surface area contributed by atoms with Gasteiger partial charge in [0, 0.05) is 12.1 Å². The molecule has 1 N–H and O–H groups in total. The van der Waals surface area contributed by atoms with Gasteiger partial charge < -0.3 is 4.98 Å². The maximum atomic E-state index is 11.3. The molecule has 2 aromatic rings. The van der Waals surface area contributed by atoms with Crippen LogP contribution in [0, 0.1) is 11.3 Å². The predicted molar refractivity (Wildman–Crippen MR) is 57.2 cm³/mol. The zero-order chi connectivity index (χ0) is 10.7. The fraction of sp³-hybridized carbons (Fsp3) is 0. The van der Waals surface area contributed by atoms with E-state index in [0.29, 0.717) is 5.69 Å². The first-order valence-electron chi connectivity index (χ1n) is 4.49. The SMILES string of the molecule is N#Cc1cc(=O)cc(-c2ccccc2)[nH]1. The molecule has 0 saturated heterocycles. The highest BCUT2D eigenvalue weighted by Gasteiger charge is 2.00. The van der Waals surface area contributed by atoms with Crippen molar-refractivity contribution in [1.29, 1.82) is 5.26 Å². The monoisotopic (exact) mass is 196 g/mol. The zero-order valence-electron chi connectivity index (χ0n) is 7.90. The van der Waals surface area contributed by atoms with Gasteiger partial charge in [-0.25, -0.2) is 0 Å². The normalized spacial score (nSPS) is 9.53. The van der Waals surface area contributed by atoms with E-state index in [9.17, 15) is 4.79 Å². The summed E-state index contributed by atoms with van der Waals surface area (Å²) in [4.78, 5) is 14.2. The lowest BCUT2D eigenvalue weighted by Gasteiger charge is -2.01. The zero-order valence-corrected chi connectivity index (χ0v) is 7.90. The Morgan fingerprint density at radius 1 is 1.13 bits per heavy atom. The van der Waals surface area contributed by atoms with Crippen LogP contribution in [0.3, 0.4) is 0 Å². The minimum absolute atomic E-state index is 0.163. The third-order valence-corrected chi connectivity index (χ3v) is 2.05. The van der Waals surface area contributed by atoms with Crippen LogP contribution in [-0.4, -0.2) is 4.98 Å². The molecular weight excluding hydrogens is 188 g/mol. The molecule has 0 bridgehead atoms. The summed E-state index contributed by atoms with van der Waals surface area (Å²) in [6.07, 6.45) is 0. The Labute approximate surface area is 86.6 Å². The fourth-order valence-corrected chi connectivity index (χ4v) is 1.38. The molecule has 3 heteroatoms. The first-order chi connectivity index (χ1) is 7.29. The number of H-pyrrole nitrogens is 1. The molecule has 0 aliphatic carbocycles. The molecule has 0 aliphatic rings. The van der Waals surface area contributed by atoms with Crippen LogP contribution in [0.15, 0.2) is 47.3 Å². The quantitative estimate of drug-likeness (QED) is 0.757. The second kappa shape index (κ2) is 3.81. The topological polar surface area (TPSA) is 56.6 Å². The second-order valence-electron chi connectivity index (χ2n) is 3.12. The molecule has 0 saturated carbocycles. The molecule has 0 unspecified atom stereocenters. The minimum atomic E-state index is -0.163. The van der Waals surface area contributed by atoms with Gasteiger partial charge in [0.2, 0.25) is 0 Å². The summed E-state index contributed by atoms with van der Waals surface area (Å²) in [5, 5.41) is 8.71. The molecule has 0 spiro atoms. The molecule has 0 aliphatic heterocycles. The number of hydrogen-bond acceptors (Lipinski definition) is 2. The van der Waals surface area contributed by atoms with E-state index in [4.69, 9.17) is 5.26 Å².